The Kier molecular flexibility index (Phi) is 2.91. The third kappa shape index (κ3) is 1.60. The summed E-state index contributed by atoms with van der Waals surface area (Å²) >= 11 is 0. The molecule has 0 amide bonds. The molecular weight excluding hydrogens is 268 g/mol. The minimum Gasteiger partial charge on any atom is -0.463 e. The molecule has 1 fully saturated rings. The smallest absolute Gasteiger partial charge is 0.334 e. The van der Waals surface area contributed by atoms with Gasteiger partial charge in [-0.2, -0.15) is 0 Å². The van der Waals surface area contributed by atoms with Crippen LogP contribution in [0.1, 0.15) is 36.7 Å². The third-order valence-corrected chi connectivity index (χ3v) is 4.90. The summed E-state index contributed by atoms with van der Waals surface area (Å²) in [6.07, 6.45) is 0.540. The molecule has 0 radical (unpaired) electrons. The van der Waals surface area contributed by atoms with E-state index in [0.717, 1.165) is 11.1 Å². The van der Waals surface area contributed by atoms with E-state index in [1.54, 1.807) is 0 Å². The zero-order chi connectivity index (χ0) is 14.6. The van der Waals surface area contributed by atoms with Gasteiger partial charge in [0.1, 0.15) is 0 Å². The van der Waals surface area contributed by atoms with Crippen molar-refractivity contribution in [2.75, 3.05) is 13.2 Å². The number of hydrogen-bond acceptors (Lipinski definition) is 4. The fraction of sp³-hybridized carbons (Fsp3) is 0.471. The van der Waals surface area contributed by atoms with E-state index in [1.165, 1.54) is 11.1 Å². The summed E-state index contributed by atoms with van der Waals surface area (Å²) in [5, 5.41) is 9.29. The molecule has 110 valence electrons. The standard InChI is InChI=1S/C17H18O4/c1-2-20-17(19)13-11(7-8-18)12-14(13)16-10-6-4-3-5-9(10)15(12)21-16/h3-6,12,14-16,18H,2,7-8H2,1H3. The van der Waals surface area contributed by atoms with Crippen LogP contribution < -0.4 is 0 Å². The van der Waals surface area contributed by atoms with Crippen LogP contribution in [-0.4, -0.2) is 24.3 Å². The van der Waals surface area contributed by atoms with Crippen molar-refractivity contribution >= 4 is 5.97 Å². The number of carbonyl (C=O) groups is 1. The Hall–Kier alpha value is -1.65. The van der Waals surface area contributed by atoms with Crippen LogP contribution in [0.4, 0.5) is 0 Å². The maximum Gasteiger partial charge on any atom is 0.334 e. The van der Waals surface area contributed by atoms with Gasteiger partial charge in [-0.1, -0.05) is 29.8 Å². The quantitative estimate of drug-likeness (QED) is 0.863. The summed E-state index contributed by atoms with van der Waals surface area (Å²) in [5.74, 6) is 0.0952. The Labute approximate surface area is 123 Å². The van der Waals surface area contributed by atoms with Gasteiger partial charge in [0.25, 0.3) is 0 Å². The van der Waals surface area contributed by atoms with Crippen LogP contribution in [-0.2, 0) is 14.3 Å². The van der Waals surface area contributed by atoms with Gasteiger partial charge >= 0.3 is 5.97 Å². The van der Waals surface area contributed by atoms with Crippen molar-refractivity contribution in [1.82, 2.24) is 0 Å². The SMILES string of the molecule is CCOC(=O)C1=C(CCO)C2C3OC(c4ccccc43)C12. The van der Waals surface area contributed by atoms with Gasteiger partial charge in [-0.15, -0.1) is 0 Å². The van der Waals surface area contributed by atoms with E-state index in [0.29, 0.717) is 13.0 Å². The van der Waals surface area contributed by atoms with E-state index in [4.69, 9.17) is 9.47 Å². The van der Waals surface area contributed by atoms with Crippen molar-refractivity contribution in [3.63, 3.8) is 0 Å². The number of esters is 1. The molecule has 3 aliphatic rings. The van der Waals surface area contributed by atoms with Crippen LogP contribution in [0, 0.1) is 11.8 Å². The normalized spacial score (nSPS) is 31.7. The molecule has 4 rings (SSSR count). The monoisotopic (exact) mass is 286 g/mol. The molecular formula is C17H18O4. The van der Waals surface area contributed by atoms with Crippen molar-refractivity contribution < 1.29 is 19.4 Å². The van der Waals surface area contributed by atoms with Gasteiger partial charge in [0, 0.05) is 24.0 Å². The molecule has 4 heteroatoms. The van der Waals surface area contributed by atoms with E-state index < -0.39 is 0 Å². The van der Waals surface area contributed by atoms with Crippen molar-refractivity contribution in [2.24, 2.45) is 11.8 Å². The maximum atomic E-state index is 12.2. The first-order chi connectivity index (χ1) is 10.3. The summed E-state index contributed by atoms with van der Waals surface area (Å²) in [7, 11) is 0. The number of carbonyl (C=O) groups excluding carboxylic acids is 1. The first-order valence-corrected chi connectivity index (χ1v) is 7.53. The van der Waals surface area contributed by atoms with Crippen LogP contribution in [0.25, 0.3) is 0 Å². The van der Waals surface area contributed by atoms with E-state index in [-0.39, 0.29) is 36.6 Å². The summed E-state index contributed by atoms with van der Waals surface area (Å²) in [6.45, 7) is 2.24. The minimum atomic E-state index is -0.240. The van der Waals surface area contributed by atoms with Gasteiger partial charge in [0.15, 0.2) is 0 Å². The molecule has 1 N–H and O–H groups in total. The van der Waals surface area contributed by atoms with Gasteiger partial charge < -0.3 is 14.6 Å². The highest BCUT2D eigenvalue weighted by molar-refractivity contribution is 5.93. The van der Waals surface area contributed by atoms with Gasteiger partial charge in [0.2, 0.25) is 0 Å². The second-order valence-electron chi connectivity index (χ2n) is 5.79. The Bertz CT molecular complexity index is 633. The highest BCUT2D eigenvalue weighted by atomic mass is 16.5. The summed E-state index contributed by atoms with van der Waals surface area (Å²) in [4.78, 5) is 12.2. The van der Waals surface area contributed by atoms with Gasteiger partial charge in [-0.25, -0.2) is 4.79 Å². The topological polar surface area (TPSA) is 55.8 Å². The van der Waals surface area contributed by atoms with Crippen molar-refractivity contribution in [3.05, 3.63) is 46.5 Å². The van der Waals surface area contributed by atoms with Crippen LogP contribution >= 0.6 is 0 Å². The zero-order valence-electron chi connectivity index (χ0n) is 11.9. The lowest BCUT2D eigenvalue weighted by Crippen LogP contribution is -2.39. The van der Waals surface area contributed by atoms with Crippen molar-refractivity contribution in [3.8, 4) is 0 Å². The molecule has 4 nitrogen and oxygen atoms in total. The fourth-order valence-corrected chi connectivity index (χ4v) is 4.19. The molecule has 1 saturated heterocycles. The van der Waals surface area contributed by atoms with Gasteiger partial charge in [0.05, 0.1) is 18.8 Å². The average Bonchev–Trinajstić information content (AvgIpc) is 2.98. The number of aliphatic hydroxyl groups is 1. The molecule has 21 heavy (non-hydrogen) atoms. The van der Waals surface area contributed by atoms with E-state index in [2.05, 4.69) is 12.1 Å². The van der Waals surface area contributed by atoms with Crippen LogP contribution in [0.5, 0.6) is 0 Å². The van der Waals surface area contributed by atoms with E-state index >= 15 is 0 Å². The predicted molar refractivity (Wildman–Crippen MR) is 75.4 cm³/mol. The molecule has 0 spiro atoms. The molecule has 0 saturated carbocycles. The van der Waals surface area contributed by atoms with Crippen molar-refractivity contribution in [1.29, 1.82) is 0 Å². The lowest BCUT2D eigenvalue weighted by atomic mass is 9.59. The van der Waals surface area contributed by atoms with Crippen LogP contribution in [0.15, 0.2) is 35.4 Å². The molecule has 4 atom stereocenters. The molecule has 1 aromatic rings. The van der Waals surface area contributed by atoms with Gasteiger partial charge in [-0.05, 0) is 24.5 Å². The minimum absolute atomic E-state index is 0.0296. The summed E-state index contributed by atoms with van der Waals surface area (Å²) < 4.78 is 11.3. The number of fused-ring (bicyclic) bond motifs is 8. The second-order valence-corrected chi connectivity index (χ2v) is 5.79. The maximum absolute atomic E-state index is 12.2. The molecule has 2 heterocycles. The highest BCUT2D eigenvalue weighted by Crippen LogP contribution is 2.67. The van der Waals surface area contributed by atoms with Crippen LogP contribution in [0.3, 0.4) is 0 Å². The summed E-state index contributed by atoms with van der Waals surface area (Å²) in [5.41, 5.74) is 4.22. The third-order valence-electron chi connectivity index (χ3n) is 4.90. The Morgan fingerprint density at radius 3 is 2.52 bits per heavy atom. The fourth-order valence-electron chi connectivity index (χ4n) is 4.19. The Morgan fingerprint density at radius 2 is 1.90 bits per heavy atom. The first-order valence-electron chi connectivity index (χ1n) is 7.53. The van der Waals surface area contributed by atoms with E-state index in [1.807, 2.05) is 19.1 Å². The zero-order valence-corrected chi connectivity index (χ0v) is 11.9. The summed E-state index contributed by atoms with van der Waals surface area (Å²) in [6, 6.07) is 8.23. The van der Waals surface area contributed by atoms with Gasteiger partial charge in [-0.3, -0.25) is 0 Å². The molecule has 2 bridgehead atoms. The molecule has 1 aromatic carbocycles. The average molecular weight is 286 g/mol. The number of aliphatic hydroxyl groups excluding tert-OH is 1. The highest BCUT2D eigenvalue weighted by Gasteiger charge is 2.61. The van der Waals surface area contributed by atoms with Crippen LogP contribution in [0.2, 0.25) is 0 Å². The lowest BCUT2D eigenvalue weighted by molar-refractivity contribution is -0.140. The number of hydrogen-bond donors (Lipinski definition) is 1. The number of rotatable bonds is 4. The Balaban J connectivity index is 1.73. The van der Waals surface area contributed by atoms with E-state index in [9.17, 15) is 9.90 Å². The molecule has 0 aromatic heterocycles. The largest absolute Gasteiger partial charge is 0.463 e. The molecule has 2 aliphatic heterocycles. The number of benzene rings is 1. The lowest BCUT2D eigenvalue weighted by Gasteiger charge is -2.41. The predicted octanol–water partition coefficient (Wildman–Crippen LogP) is 2.30. The molecule has 4 unspecified atom stereocenters. The molecule has 1 aliphatic carbocycles. The first kappa shape index (κ1) is 13.0. The number of ether oxygens (including phenoxy) is 2. The second kappa shape index (κ2) is 4.68. The Morgan fingerprint density at radius 1 is 1.24 bits per heavy atom. The van der Waals surface area contributed by atoms with Crippen molar-refractivity contribution in [2.45, 2.75) is 25.6 Å².